The normalized spacial score (nSPS) is 20.7. The fourth-order valence-electron chi connectivity index (χ4n) is 2.17. The molecule has 1 fully saturated rings. The van der Waals surface area contributed by atoms with Crippen LogP contribution in [-0.2, 0) is 11.3 Å². The minimum absolute atomic E-state index is 0.0780. The van der Waals surface area contributed by atoms with E-state index in [4.69, 9.17) is 4.74 Å². The van der Waals surface area contributed by atoms with E-state index in [0.29, 0.717) is 6.54 Å². The van der Waals surface area contributed by atoms with Gasteiger partial charge >= 0.3 is 0 Å². The van der Waals surface area contributed by atoms with Crippen LogP contribution >= 0.6 is 0 Å². The lowest BCUT2D eigenvalue weighted by atomic mass is 10.2. The molecule has 1 aliphatic heterocycles. The molecule has 0 bridgehead atoms. The van der Waals surface area contributed by atoms with Crippen LogP contribution in [0.25, 0.3) is 0 Å². The molecule has 0 radical (unpaired) electrons. The van der Waals surface area contributed by atoms with Gasteiger partial charge in [0.1, 0.15) is 5.75 Å². The van der Waals surface area contributed by atoms with Crippen LogP contribution in [0.4, 0.5) is 0 Å². The summed E-state index contributed by atoms with van der Waals surface area (Å²) >= 11 is 0. The van der Waals surface area contributed by atoms with Gasteiger partial charge in [-0.25, -0.2) is 0 Å². The second-order valence-electron chi connectivity index (χ2n) is 4.64. The zero-order valence-corrected chi connectivity index (χ0v) is 11.0. The summed E-state index contributed by atoms with van der Waals surface area (Å²) in [6.45, 7) is 4.33. The zero-order chi connectivity index (χ0) is 13.0. The molecule has 1 aliphatic rings. The highest BCUT2D eigenvalue weighted by atomic mass is 16.5. The molecule has 1 saturated heterocycles. The lowest BCUT2D eigenvalue weighted by molar-refractivity contribution is -0.132. The molecule has 0 spiro atoms. The fourth-order valence-corrected chi connectivity index (χ4v) is 2.17. The van der Waals surface area contributed by atoms with E-state index in [1.807, 2.05) is 36.1 Å². The first kappa shape index (κ1) is 12.9. The Bertz CT molecular complexity index is 403. The Kier molecular flexibility index (Phi) is 4.20. The average Bonchev–Trinajstić information content (AvgIpc) is 2.55. The van der Waals surface area contributed by atoms with E-state index in [9.17, 15) is 4.79 Å². The van der Waals surface area contributed by atoms with Gasteiger partial charge in [-0.05, 0) is 37.6 Å². The van der Waals surface area contributed by atoms with E-state index < -0.39 is 0 Å². The maximum absolute atomic E-state index is 12.1. The van der Waals surface area contributed by atoms with E-state index >= 15 is 0 Å². The van der Waals surface area contributed by atoms with Crippen molar-refractivity contribution < 1.29 is 9.53 Å². The van der Waals surface area contributed by atoms with Crippen molar-refractivity contribution in [1.82, 2.24) is 10.2 Å². The molecule has 2 rings (SSSR count). The van der Waals surface area contributed by atoms with Crippen LogP contribution in [0.5, 0.6) is 5.75 Å². The molecule has 1 unspecified atom stereocenters. The number of nitrogens with zero attached hydrogens (tertiary/aromatic N) is 1. The molecular formula is C14H20N2O2. The van der Waals surface area contributed by atoms with Gasteiger partial charge in [-0.1, -0.05) is 12.1 Å². The van der Waals surface area contributed by atoms with E-state index in [0.717, 1.165) is 30.8 Å². The van der Waals surface area contributed by atoms with Crippen molar-refractivity contribution in [2.45, 2.75) is 25.9 Å². The molecule has 0 saturated carbocycles. The predicted octanol–water partition coefficient (Wildman–Crippen LogP) is 1.41. The van der Waals surface area contributed by atoms with Crippen LogP contribution in [0.15, 0.2) is 24.3 Å². The van der Waals surface area contributed by atoms with Gasteiger partial charge < -0.3 is 15.0 Å². The molecule has 0 aliphatic carbocycles. The van der Waals surface area contributed by atoms with Gasteiger partial charge in [0.2, 0.25) is 5.91 Å². The molecular weight excluding hydrogens is 228 g/mol. The molecule has 1 amide bonds. The third-order valence-corrected chi connectivity index (χ3v) is 3.27. The zero-order valence-electron chi connectivity index (χ0n) is 11.0. The fraction of sp³-hybridized carbons (Fsp3) is 0.500. The van der Waals surface area contributed by atoms with Crippen molar-refractivity contribution in [2.24, 2.45) is 0 Å². The Morgan fingerprint density at radius 2 is 2.11 bits per heavy atom. The molecule has 4 nitrogen and oxygen atoms in total. The largest absolute Gasteiger partial charge is 0.497 e. The SMILES string of the molecule is COc1ccc(CN2CCCNC(C)C2=O)cc1. The summed E-state index contributed by atoms with van der Waals surface area (Å²) in [6, 6.07) is 7.80. The van der Waals surface area contributed by atoms with Crippen molar-refractivity contribution in [2.75, 3.05) is 20.2 Å². The predicted molar refractivity (Wildman–Crippen MR) is 70.5 cm³/mol. The molecule has 4 heteroatoms. The number of carbonyl (C=O) groups is 1. The van der Waals surface area contributed by atoms with Crippen molar-refractivity contribution in [1.29, 1.82) is 0 Å². The van der Waals surface area contributed by atoms with E-state index in [1.165, 1.54) is 0 Å². The monoisotopic (exact) mass is 248 g/mol. The summed E-state index contributed by atoms with van der Waals surface area (Å²) in [4.78, 5) is 14.0. The number of carbonyl (C=O) groups excluding carboxylic acids is 1. The van der Waals surface area contributed by atoms with Crippen LogP contribution in [0.3, 0.4) is 0 Å². The molecule has 1 atom stereocenters. The van der Waals surface area contributed by atoms with Crippen LogP contribution in [0, 0.1) is 0 Å². The number of rotatable bonds is 3. The Morgan fingerprint density at radius 1 is 1.39 bits per heavy atom. The quantitative estimate of drug-likeness (QED) is 0.879. The lowest BCUT2D eigenvalue weighted by Crippen LogP contribution is -2.41. The lowest BCUT2D eigenvalue weighted by Gasteiger charge is -2.22. The van der Waals surface area contributed by atoms with Crippen molar-refractivity contribution >= 4 is 5.91 Å². The highest BCUT2D eigenvalue weighted by Crippen LogP contribution is 2.14. The molecule has 1 heterocycles. The first-order chi connectivity index (χ1) is 8.70. The first-order valence-corrected chi connectivity index (χ1v) is 6.36. The minimum Gasteiger partial charge on any atom is -0.497 e. The van der Waals surface area contributed by atoms with Crippen LogP contribution in [-0.4, -0.2) is 37.0 Å². The second kappa shape index (κ2) is 5.87. The molecule has 98 valence electrons. The van der Waals surface area contributed by atoms with Gasteiger partial charge in [-0.3, -0.25) is 4.79 Å². The standard InChI is InChI=1S/C14H20N2O2/c1-11-14(17)16(9-3-8-15-11)10-12-4-6-13(18-2)7-5-12/h4-7,11,15H,3,8-10H2,1-2H3. The summed E-state index contributed by atoms with van der Waals surface area (Å²) in [5.74, 6) is 1.03. The maximum atomic E-state index is 12.1. The third kappa shape index (κ3) is 3.01. The molecule has 1 N–H and O–H groups in total. The second-order valence-corrected chi connectivity index (χ2v) is 4.64. The van der Waals surface area contributed by atoms with Crippen LogP contribution in [0.2, 0.25) is 0 Å². The minimum atomic E-state index is -0.0780. The molecule has 18 heavy (non-hydrogen) atoms. The molecule has 1 aromatic carbocycles. The highest BCUT2D eigenvalue weighted by Gasteiger charge is 2.22. The van der Waals surface area contributed by atoms with Crippen molar-refractivity contribution in [3.8, 4) is 5.75 Å². The van der Waals surface area contributed by atoms with Gasteiger partial charge in [0, 0.05) is 13.1 Å². The Labute approximate surface area is 108 Å². The maximum Gasteiger partial charge on any atom is 0.239 e. The van der Waals surface area contributed by atoms with E-state index in [1.54, 1.807) is 7.11 Å². The number of benzene rings is 1. The van der Waals surface area contributed by atoms with Gasteiger partial charge in [-0.15, -0.1) is 0 Å². The van der Waals surface area contributed by atoms with Gasteiger partial charge in [-0.2, -0.15) is 0 Å². The smallest absolute Gasteiger partial charge is 0.239 e. The topological polar surface area (TPSA) is 41.6 Å². The van der Waals surface area contributed by atoms with Crippen molar-refractivity contribution in [3.63, 3.8) is 0 Å². The number of nitrogens with one attached hydrogen (secondary N) is 1. The number of ether oxygens (including phenoxy) is 1. The molecule has 0 aromatic heterocycles. The summed E-state index contributed by atoms with van der Waals surface area (Å²) in [6.07, 6.45) is 1.01. The van der Waals surface area contributed by atoms with E-state index in [-0.39, 0.29) is 11.9 Å². The molecule has 1 aromatic rings. The Morgan fingerprint density at radius 3 is 2.78 bits per heavy atom. The number of hydrogen-bond acceptors (Lipinski definition) is 3. The number of hydrogen-bond donors (Lipinski definition) is 1. The Balaban J connectivity index is 2.04. The summed E-state index contributed by atoms with van der Waals surface area (Å²) in [5, 5.41) is 3.22. The summed E-state index contributed by atoms with van der Waals surface area (Å²) in [5.41, 5.74) is 1.14. The summed E-state index contributed by atoms with van der Waals surface area (Å²) < 4.78 is 5.13. The Hall–Kier alpha value is -1.55. The van der Waals surface area contributed by atoms with Crippen molar-refractivity contribution in [3.05, 3.63) is 29.8 Å². The van der Waals surface area contributed by atoms with Crippen LogP contribution in [0.1, 0.15) is 18.9 Å². The number of methoxy groups -OCH3 is 1. The average molecular weight is 248 g/mol. The van der Waals surface area contributed by atoms with Crippen LogP contribution < -0.4 is 10.1 Å². The first-order valence-electron chi connectivity index (χ1n) is 6.36. The third-order valence-electron chi connectivity index (χ3n) is 3.27. The number of amides is 1. The van der Waals surface area contributed by atoms with Gasteiger partial charge in [0.15, 0.2) is 0 Å². The summed E-state index contributed by atoms with van der Waals surface area (Å²) in [7, 11) is 1.65. The van der Waals surface area contributed by atoms with E-state index in [2.05, 4.69) is 5.32 Å². The highest BCUT2D eigenvalue weighted by molar-refractivity contribution is 5.81. The van der Waals surface area contributed by atoms with Gasteiger partial charge in [0.25, 0.3) is 0 Å². The van der Waals surface area contributed by atoms with Gasteiger partial charge in [0.05, 0.1) is 13.2 Å².